The fourth-order valence-electron chi connectivity index (χ4n) is 7.86. The lowest BCUT2D eigenvalue weighted by Crippen LogP contribution is -2.51. The number of fused-ring (bicyclic) bond motifs is 4. The number of rotatable bonds is 6. The summed E-state index contributed by atoms with van der Waals surface area (Å²) in [6.07, 6.45) is 0.359. The van der Waals surface area contributed by atoms with E-state index >= 15 is 4.39 Å². The van der Waals surface area contributed by atoms with Crippen molar-refractivity contribution in [3.8, 4) is 17.3 Å². The molecule has 3 N–H and O–H groups in total. The Hall–Kier alpha value is -3.03. The van der Waals surface area contributed by atoms with Crippen LogP contribution in [0.15, 0.2) is 12.1 Å². The van der Waals surface area contributed by atoms with Crippen molar-refractivity contribution >= 4 is 34.1 Å². The van der Waals surface area contributed by atoms with Gasteiger partial charge < -0.3 is 20.7 Å². The molecule has 44 heavy (non-hydrogen) atoms. The quantitative estimate of drug-likeness (QED) is 0.334. The molecule has 0 saturated carbocycles. The van der Waals surface area contributed by atoms with Crippen LogP contribution in [-0.4, -0.2) is 76.4 Å². The molecule has 0 aliphatic carbocycles. The average Bonchev–Trinajstić information content (AvgIpc) is 3.63. The molecule has 4 aliphatic heterocycles. The molecule has 3 aromatic rings. The molecule has 4 unspecified atom stereocenters. The van der Waals surface area contributed by atoms with Crippen LogP contribution in [0.5, 0.6) is 6.01 Å². The molecule has 2 aromatic heterocycles. The molecule has 0 amide bonds. The minimum Gasteiger partial charge on any atom is -0.461 e. The Morgan fingerprint density at radius 2 is 1.86 bits per heavy atom. The van der Waals surface area contributed by atoms with E-state index in [2.05, 4.69) is 20.2 Å². The standard InChI is InChI=1S/C30H33ClF5N7O/c1-15-9-21(37)39-26(23(15)30(34,35)36)22-20(31)10-19-25(24(22)33)40-28(41-27(19)42-12-16-3-4-17(13-42)38-16)44-14-29-6-2-8-43(29)18(11-32)5-7-29/h9-10,16-18,38H,2-8,11-14H2,1H3,(H2,37,39). The highest BCUT2D eigenvalue weighted by atomic mass is 35.5. The number of benzene rings is 1. The van der Waals surface area contributed by atoms with Crippen molar-refractivity contribution in [2.45, 2.75) is 75.3 Å². The van der Waals surface area contributed by atoms with E-state index in [-0.39, 0.29) is 63.6 Å². The lowest BCUT2D eigenvalue weighted by atomic mass is 9.95. The number of nitrogens with two attached hydrogens (primary N) is 1. The second kappa shape index (κ2) is 10.8. The molecule has 8 nitrogen and oxygen atoms in total. The van der Waals surface area contributed by atoms with E-state index in [0.717, 1.165) is 51.1 Å². The maximum Gasteiger partial charge on any atom is 0.418 e. The van der Waals surface area contributed by atoms with Crippen molar-refractivity contribution in [2.24, 2.45) is 0 Å². The number of nitrogen functional groups attached to an aromatic ring is 1. The van der Waals surface area contributed by atoms with E-state index in [9.17, 15) is 17.6 Å². The van der Waals surface area contributed by atoms with Gasteiger partial charge in [-0.2, -0.15) is 23.1 Å². The van der Waals surface area contributed by atoms with Gasteiger partial charge in [-0.25, -0.2) is 13.8 Å². The van der Waals surface area contributed by atoms with Gasteiger partial charge in [-0.3, -0.25) is 4.90 Å². The summed E-state index contributed by atoms with van der Waals surface area (Å²) in [7, 11) is 0. The second-order valence-electron chi connectivity index (χ2n) is 12.6. The lowest BCUT2D eigenvalue weighted by molar-refractivity contribution is -0.137. The Kier molecular flexibility index (Phi) is 7.28. The van der Waals surface area contributed by atoms with Crippen LogP contribution in [0, 0.1) is 12.7 Å². The fourth-order valence-corrected chi connectivity index (χ4v) is 8.15. The number of piperazine rings is 1. The summed E-state index contributed by atoms with van der Waals surface area (Å²) in [6, 6.07) is 2.68. The Balaban J connectivity index is 1.36. The SMILES string of the molecule is Cc1cc(N)nc(-c2c(Cl)cc3c(N4CC5CCC(C4)N5)nc(OCC45CCCN4C(CF)CC5)nc3c2F)c1C(F)(F)F. The Morgan fingerprint density at radius 1 is 1.11 bits per heavy atom. The molecule has 2 bridgehead atoms. The fraction of sp³-hybridized carbons (Fsp3) is 0.567. The molecule has 14 heteroatoms. The van der Waals surface area contributed by atoms with Crippen LogP contribution in [0.25, 0.3) is 22.2 Å². The van der Waals surface area contributed by atoms with Gasteiger partial charge >= 0.3 is 12.2 Å². The highest BCUT2D eigenvalue weighted by Crippen LogP contribution is 2.46. The smallest absolute Gasteiger partial charge is 0.418 e. The van der Waals surface area contributed by atoms with Crippen molar-refractivity contribution in [3.05, 3.63) is 34.1 Å². The molecule has 4 aliphatic rings. The predicted molar refractivity (Wildman–Crippen MR) is 157 cm³/mol. The summed E-state index contributed by atoms with van der Waals surface area (Å²) < 4.78 is 79.2. The third-order valence-electron chi connectivity index (χ3n) is 9.80. The molecule has 0 radical (unpaired) electrons. The zero-order valence-electron chi connectivity index (χ0n) is 24.2. The second-order valence-corrected chi connectivity index (χ2v) is 13.0. The van der Waals surface area contributed by atoms with E-state index in [1.165, 1.54) is 13.0 Å². The number of aryl methyl sites for hydroxylation is 1. The van der Waals surface area contributed by atoms with Crippen LogP contribution in [-0.2, 0) is 6.18 Å². The molecule has 6 heterocycles. The van der Waals surface area contributed by atoms with E-state index < -0.39 is 35.5 Å². The van der Waals surface area contributed by atoms with Crippen molar-refractivity contribution in [3.63, 3.8) is 0 Å². The highest BCUT2D eigenvalue weighted by molar-refractivity contribution is 6.34. The first kappa shape index (κ1) is 29.7. The molecule has 236 valence electrons. The first-order valence-corrected chi connectivity index (χ1v) is 15.4. The van der Waals surface area contributed by atoms with E-state index in [4.69, 9.17) is 27.1 Å². The maximum absolute atomic E-state index is 16.6. The van der Waals surface area contributed by atoms with Crippen molar-refractivity contribution < 1.29 is 26.7 Å². The van der Waals surface area contributed by atoms with Crippen LogP contribution in [0.3, 0.4) is 0 Å². The third-order valence-corrected chi connectivity index (χ3v) is 10.1. The van der Waals surface area contributed by atoms with E-state index in [1.54, 1.807) is 0 Å². The number of anilines is 2. The van der Waals surface area contributed by atoms with Crippen LogP contribution in [0.4, 0.5) is 33.6 Å². The number of nitrogens with zero attached hydrogens (tertiary/aromatic N) is 5. The van der Waals surface area contributed by atoms with Gasteiger partial charge in [0.05, 0.1) is 27.4 Å². The van der Waals surface area contributed by atoms with Crippen molar-refractivity contribution in [1.29, 1.82) is 0 Å². The van der Waals surface area contributed by atoms with Gasteiger partial charge in [0.2, 0.25) is 0 Å². The summed E-state index contributed by atoms with van der Waals surface area (Å²) in [6.45, 7) is 2.98. The maximum atomic E-state index is 16.6. The molecule has 4 fully saturated rings. The minimum absolute atomic E-state index is 0.0942. The summed E-state index contributed by atoms with van der Waals surface area (Å²) in [5, 5.41) is 3.55. The molecule has 4 atom stereocenters. The molecular weight excluding hydrogens is 605 g/mol. The number of aromatic nitrogens is 3. The van der Waals surface area contributed by atoms with Gasteiger partial charge in [-0.15, -0.1) is 0 Å². The number of nitrogens with one attached hydrogen (secondary N) is 1. The molecule has 0 spiro atoms. The first-order valence-electron chi connectivity index (χ1n) is 15.0. The number of halogens is 6. The third kappa shape index (κ3) is 4.91. The van der Waals surface area contributed by atoms with Gasteiger partial charge in [0.1, 0.15) is 30.4 Å². The number of pyridine rings is 1. The zero-order valence-corrected chi connectivity index (χ0v) is 24.9. The van der Waals surface area contributed by atoms with Crippen molar-refractivity contribution in [1.82, 2.24) is 25.2 Å². The van der Waals surface area contributed by atoms with Gasteiger partial charge in [0.15, 0.2) is 5.82 Å². The largest absolute Gasteiger partial charge is 0.461 e. The van der Waals surface area contributed by atoms with Gasteiger partial charge in [0, 0.05) is 36.6 Å². The van der Waals surface area contributed by atoms with Gasteiger partial charge in [-0.1, -0.05) is 11.6 Å². The topological polar surface area (TPSA) is 92.4 Å². The van der Waals surface area contributed by atoms with E-state index in [1.807, 2.05) is 4.90 Å². The normalized spacial score (nSPS) is 27.0. The van der Waals surface area contributed by atoms with Gasteiger partial charge in [0.25, 0.3) is 0 Å². The lowest BCUT2D eigenvalue weighted by Gasteiger charge is -2.35. The number of alkyl halides is 4. The summed E-state index contributed by atoms with van der Waals surface area (Å²) in [4.78, 5) is 17.2. The van der Waals surface area contributed by atoms with Crippen LogP contribution in [0.1, 0.15) is 49.7 Å². The Bertz CT molecular complexity index is 1610. The number of ether oxygens (including phenoxy) is 1. The molecular formula is C30H33ClF5N7O. The zero-order chi connectivity index (χ0) is 31.0. The number of hydrogen-bond acceptors (Lipinski definition) is 8. The molecule has 1 aromatic carbocycles. The van der Waals surface area contributed by atoms with Crippen LogP contribution < -0.4 is 20.7 Å². The van der Waals surface area contributed by atoms with Crippen molar-refractivity contribution in [2.75, 3.05) is 43.5 Å². The monoisotopic (exact) mass is 637 g/mol. The van der Waals surface area contributed by atoms with Crippen LogP contribution >= 0.6 is 11.6 Å². The first-order chi connectivity index (χ1) is 21.0. The summed E-state index contributed by atoms with van der Waals surface area (Å²) in [5.74, 6) is -0.869. The highest BCUT2D eigenvalue weighted by Gasteiger charge is 2.50. The van der Waals surface area contributed by atoms with Gasteiger partial charge in [-0.05, 0) is 69.7 Å². The van der Waals surface area contributed by atoms with Crippen LogP contribution in [0.2, 0.25) is 5.02 Å². The average molecular weight is 638 g/mol. The number of hydrogen-bond donors (Lipinski definition) is 2. The minimum atomic E-state index is -4.85. The van der Waals surface area contributed by atoms with E-state index in [0.29, 0.717) is 18.9 Å². The molecule has 4 saturated heterocycles. The summed E-state index contributed by atoms with van der Waals surface area (Å²) in [5.41, 5.74) is 2.67. The molecule has 7 rings (SSSR count). The predicted octanol–water partition coefficient (Wildman–Crippen LogP) is 5.68. The Labute approximate surface area is 256 Å². The Morgan fingerprint density at radius 3 is 2.57 bits per heavy atom. The summed E-state index contributed by atoms with van der Waals surface area (Å²) >= 11 is 6.58.